The van der Waals surface area contributed by atoms with E-state index < -0.39 is 0 Å². The zero-order chi connectivity index (χ0) is 15.4. The summed E-state index contributed by atoms with van der Waals surface area (Å²) in [6.45, 7) is 6.87. The summed E-state index contributed by atoms with van der Waals surface area (Å²) in [5.74, 6) is -0.209. The van der Waals surface area contributed by atoms with E-state index in [0.717, 1.165) is 11.3 Å². The number of hydrogen-bond acceptors (Lipinski definition) is 3. The Bertz CT molecular complexity index is 543. The average Bonchev–Trinajstić information content (AvgIpc) is 2.92. The third kappa shape index (κ3) is 3.80. The molecule has 5 heteroatoms. The molecule has 0 radical (unpaired) electrons. The predicted molar refractivity (Wildman–Crippen MR) is 79.5 cm³/mol. The zero-order valence-electron chi connectivity index (χ0n) is 12.7. The van der Waals surface area contributed by atoms with Gasteiger partial charge in [-0.1, -0.05) is 31.1 Å². The molecule has 0 saturated heterocycles. The van der Waals surface area contributed by atoms with Crippen LogP contribution in [0.25, 0.3) is 0 Å². The highest BCUT2D eigenvalue weighted by Crippen LogP contribution is 2.19. The molecule has 0 aliphatic carbocycles. The first-order valence-electron chi connectivity index (χ1n) is 7.28. The molecule has 1 aromatic carbocycles. The first kappa shape index (κ1) is 15.5. The number of amides is 1. The standard InChI is InChI=1S/C16H21FN2O2/c1-4-19(16(20)11(2)3)10-14-9-15(18-21-14)12-6-5-7-13(17)8-12/h5-8,11,14H,4,9-10H2,1-3H3. The van der Waals surface area contributed by atoms with Crippen LogP contribution in [0.1, 0.15) is 32.8 Å². The van der Waals surface area contributed by atoms with Crippen molar-refractivity contribution in [2.24, 2.45) is 11.1 Å². The Kier molecular flexibility index (Phi) is 4.94. The van der Waals surface area contributed by atoms with Gasteiger partial charge in [-0.25, -0.2) is 4.39 Å². The van der Waals surface area contributed by atoms with Crippen LogP contribution in [-0.4, -0.2) is 35.7 Å². The van der Waals surface area contributed by atoms with Gasteiger partial charge in [-0.05, 0) is 19.1 Å². The van der Waals surface area contributed by atoms with Crippen molar-refractivity contribution < 1.29 is 14.0 Å². The molecule has 0 saturated carbocycles. The topological polar surface area (TPSA) is 41.9 Å². The van der Waals surface area contributed by atoms with E-state index in [4.69, 9.17) is 4.84 Å². The van der Waals surface area contributed by atoms with Crippen LogP contribution in [0, 0.1) is 11.7 Å². The summed E-state index contributed by atoms with van der Waals surface area (Å²) in [5, 5.41) is 4.03. The van der Waals surface area contributed by atoms with E-state index in [1.807, 2.05) is 26.8 Å². The van der Waals surface area contributed by atoms with Gasteiger partial charge < -0.3 is 9.74 Å². The maximum atomic E-state index is 13.2. The molecule has 0 bridgehead atoms. The van der Waals surface area contributed by atoms with Crippen molar-refractivity contribution in [3.63, 3.8) is 0 Å². The molecular formula is C16H21FN2O2. The summed E-state index contributed by atoms with van der Waals surface area (Å²) < 4.78 is 13.2. The van der Waals surface area contributed by atoms with Crippen molar-refractivity contribution >= 4 is 11.6 Å². The molecule has 21 heavy (non-hydrogen) atoms. The van der Waals surface area contributed by atoms with Gasteiger partial charge in [0.1, 0.15) is 5.82 Å². The number of hydrogen-bond donors (Lipinski definition) is 0. The van der Waals surface area contributed by atoms with Crippen molar-refractivity contribution in [2.75, 3.05) is 13.1 Å². The summed E-state index contributed by atoms with van der Waals surface area (Å²) in [5.41, 5.74) is 1.46. The molecule has 0 aromatic heterocycles. The zero-order valence-corrected chi connectivity index (χ0v) is 12.7. The second-order valence-electron chi connectivity index (χ2n) is 5.51. The van der Waals surface area contributed by atoms with Gasteiger partial charge in [0.25, 0.3) is 0 Å². The van der Waals surface area contributed by atoms with Crippen LogP contribution in [0.2, 0.25) is 0 Å². The Balaban J connectivity index is 1.96. The lowest BCUT2D eigenvalue weighted by Crippen LogP contribution is -2.39. The lowest BCUT2D eigenvalue weighted by atomic mass is 10.0. The fourth-order valence-corrected chi connectivity index (χ4v) is 2.35. The minimum Gasteiger partial charge on any atom is -0.390 e. The van der Waals surface area contributed by atoms with Crippen molar-refractivity contribution in [2.45, 2.75) is 33.3 Å². The number of benzene rings is 1. The molecule has 1 aliphatic rings. The number of carbonyl (C=O) groups is 1. The Morgan fingerprint density at radius 1 is 1.52 bits per heavy atom. The summed E-state index contributed by atoms with van der Waals surface area (Å²) in [6, 6.07) is 6.31. The molecule has 0 fully saturated rings. The minimum absolute atomic E-state index is 0.0324. The highest BCUT2D eigenvalue weighted by molar-refractivity contribution is 6.01. The van der Waals surface area contributed by atoms with Crippen molar-refractivity contribution in [1.29, 1.82) is 0 Å². The first-order valence-corrected chi connectivity index (χ1v) is 7.28. The second kappa shape index (κ2) is 6.70. The van der Waals surface area contributed by atoms with E-state index in [1.54, 1.807) is 11.0 Å². The quantitative estimate of drug-likeness (QED) is 0.837. The Morgan fingerprint density at radius 3 is 2.90 bits per heavy atom. The third-order valence-corrected chi connectivity index (χ3v) is 3.50. The van der Waals surface area contributed by atoms with Gasteiger partial charge in [0.05, 0.1) is 12.3 Å². The lowest BCUT2D eigenvalue weighted by Gasteiger charge is -2.24. The van der Waals surface area contributed by atoms with Gasteiger partial charge in [0.2, 0.25) is 5.91 Å². The molecule has 1 amide bonds. The van der Waals surface area contributed by atoms with Crippen LogP contribution >= 0.6 is 0 Å². The molecule has 0 spiro atoms. The number of likely N-dealkylation sites (N-methyl/N-ethyl adjacent to an activating group) is 1. The number of carbonyl (C=O) groups excluding carboxylic acids is 1. The molecule has 0 N–H and O–H groups in total. The predicted octanol–water partition coefficient (Wildman–Crippen LogP) is 2.82. The van der Waals surface area contributed by atoms with E-state index in [0.29, 0.717) is 19.5 Å². The van der Waals surface area contributed by atoms with Crippen LogP contribution in [0.5, 0.6) is 0 Å². The van der Waals surface area contributed by atoms with Gasteiger partial charge in [0.15, 0.2) is 6.10 Å². The van der Waals surface area contributed by atoms with Crippen LogP contribution in [-0.2, 0) is 9.63 Å². The second-order valence-corrected chi connectivity index (χ2v) is 5.51. The third-order valence-electron chi connectivity index (χ3n) is 3.50. The van der Waals surface area contributed by atoms with Crippen LogP contribution in [0.15, 0.2) is 29.4 Å². The maximum absolute atomic E-state index is 13.2. The highest BCUT2D eigenvalue weighted by atomic mass is 19.1. The van der Waals surface area contributed by atoms with E-state index in [2.05, 4.69) is 5.16 Å². The Labute approximate surface area is 124 Å². The number of nitrogens with zero attached hydrogens (tertiary/aromatic N) is 2. The fourth-order valence-electron chi connectivity index (χ4n) is 2.35. The van der Waals surface area contributed by atoms with E-state index in [-0.39, 0.29) is 23.7 Å². The monoisotopic (exact) mass is 292 g/mol. The highest BCUT2D eigenvalue weighted by Gasteiger charge is 2.26. The maximum Gasteiger partial charge on any atom is 0.225 e. The van der Waals surface area contributed by atoms with Crippen molar-refractivity contribution in [3.05, 3.63) is 35.6 Å². The largest absolute Gasteiger partial charge is 0.390 e. The molecule has 2 rings (SSSR count). The summed E-state index contributed by atoms with van der Waals surface area (Å²) in [6.07, 6.45) is 0.427. The SMILES string of the molecule is CCN(CC1CC(c2cccc(F)c2)=NO1)C(=O)C(C)C. The van der Waals surface area contributed by atoms with Crippen LogP contribution in [0.4, 0.5) is 4.39 Å². The molecule has 1 atom stereocenters. The minimum atomic E-state index is -0.288. The normalized spacial score (nSPS) is 17.6. The number of oxime groups is 1. The van der Waals surface area contributed by atoms with Crippen LogP contribution in [0.3, 0.4) is 0 Å². The Hall–Kier alpha value is -1.91. The van der Waals surface area contributed by atoms with Gasteiger partial charge >= 0.3 is 0 Å². The van der Waals surface area contributed by atoms with Gasteiger partial charge in [-0.2, -0.15) is 0 Å². The van der Waals surface area contributed by atoms with E-state index in [1.165, 1.54) is 12.1 Å². The molecule has 1 heterocycles. The lowest BCUT2D eigenvalue weighted by molar-refractivity contribution is -0.136. The van der Waals surface area contributed by atoms with E-state index >= 15 is 0 Å². The average molecular weight is 292 g/mol. The molecule has 4 nitrogen and oxygen atoms in total. The fraction of sp³-hybridized carbons (Fsp3) is 0.500. The van der Waals surface area contributed by atoms with E-state index in [9.17, 15) is 9.18 Å². The van der Waals surface area contributed by atoms with Gasteiger partial charge in [0, 0.05) is 24.4 Å². The molecule has 1 unspecified atom stereocenters. The first-order chi connectivity index (χ1) is 10.0. The van der Waals surface area contributed by atoms with Crippen LogP contribution < -0.4 is 0 Å². The van der Waals surface area contributed by atoms with Gasteiger partial charge in [-0.3, -0.25) is 4.79 Å². The smallest absolute Gasteiger partial charge is 0.225 e. The number of halogens is 1. The summed E-state index contributed by atoms with van der Waals surface area (Å²) in [4.78, 5) is 19.2. The van der Waals surface area contributed by atoms with Crippen molar-refractivity contribution in [1.82, 2.24) is 4.90 Å². The van der Waals surface area contributed by atoms with Crippen molar-refractivity contribution in [3.8, 4) is 0 Å². The van der Waals surface area contributed by atoms with Gasteiger partial charge in [-0.15, -0.1) is 0 Å². The summed E-state index contributed by atoms with van der Waals surface area (Å²) in [7, 11) is 0. The molecule has 114 valence electrons. The molecule has 1 aromatic rings. The number of rotatable bonds is 5. The Morgan fingerprint density at radius 2 is 2.29 bits per heavy atom. The summed E-state index contributed by atoms with van der Waals surface area (Å²) >= 11 is 0. The molecule has 1 aliphatic heterocycles. The molecular weight excluding hydrogens is 271 g/mol.